The van der Waals surface area contributed by atoms with Crippen LogP contribution in [-0.4, -0.2) is 32.5 Å². The molecule has 0 radical (unpaired) electrons. The molecule has 0 aliphatic heterocycles. The zero-order chi connectivity index (χ0) is 17.8. The van der Waals surface area contributed by atoms with Gasteiger partial charge in [-0.1, -0.05) is 44.5 Å². The molecular weight excluding hydrogens is 352 g/mol. The van der Waals surface area contributed by atoms with Gasteiger partial charge in [0.15, 0.2) is 11.0 Å². The molecule has 0 saturated heterocycles. The summed E-state index contributed by atoms with van der Waals surface area (Å²) >= 11 is 3.13. The minimum Gasteiger partial charge on any atom is -0.352 e. The molecule has 0 unspecified atom stereocenters. The Morgan fingerprint density at radius 1 is 1.40 bits per heavy atom. The Morgan fingerprint density at radius 3 is 2.96 bits per heavy atom. The Balaban J connectivity index is 1.59. The molecule has 3 rings (SSSR count). The number of rotatable bonds is 6. The van der Waals surface area contributed by atoms with Crippen LogP contribution in [-0.2, 0) is 11.3 Å². The monoisotopic (exact) mass is 378 g/mol. The van der Waals surface area contributed by atoms with Gasteiger partial charge in [-0.05, 0) is 36.6 Å². The van der Waals surface area contributed by atoms with Crippen LogP contribution in [0.3, 0.4) is 0 Å². The van der Waals surface area contributed by atoms with Crippen LogP contribution in [0, 0.1) is 11.8 Å². The number of hydrogen-bond acceptors (Lipinski definition) is 5. The lowest BCUT2D eigenvalue weighted by atomic mass is 9.78. The summed E-state index contributed by atoms with van der Waals surface area (Å²) in [6.07, 6.45) is 3.57. The first kappa shape index (κ1) is 18.5. The van der Waals surface area contributed by atoms with E-state index in [1.807, 2.05) is 17.5 Å². The van der Waals surface area contributed by atoms with Crippen LogP contribution >= 0.6 is 23.1 Å². The number of nitrogens with zero attached hydrogens (tertiary/aromatic N) is 3. The quantitative estimate of drug-likeness (QED) is 0.770. The van der Waals surface area contributed by atoms with Crippen molar-refractivity contribution in [3.63, 3.8) is 0 Å². The minimum atomic E-state index is 0.0966. The Labute approximate surface area is 157 Å². The van der Waals surface area contributed by atoms with Crippen LogP contribution in [0.2, 0.25) is 0 Å². The number of carbonyl (C=O) groups is 1. The predicted molar refractivity (Wildman–Crippen MR) is 104 cm³/mol. The molecule has 25 heavy (non-hydrogen) atoms. The van der Waals surface area contributed by atoms with E-state index < -0.39 is 0 Å². The van der Waals surface area contributed by atoms with E-state index in [0.717, 1.165) is 28.8 Å². The average Bonchev–Trinajstić information content (AvgIpc) is 3.25. The van der Waals surface area contributed by atoms with Crippen LogP contribution in [0.5, 0.6) is 0 Å². The Morgan fingerprint density at radius 2 is 2.24 bits per heavy atom. The van der Waals surface area contributed by atoms with Crippen LogP contribution in [0.15, 0.2) is 22.7 Å². The highest BCUT2D eigenvalue weighted by Crippen LogP contribution is 2.30. The second kappa shape index (κ2) is 8.36. The van der Waals surface area contributed by atoms with Gasteiger partial charge in [-0.2, -0.15) is 0 Å². The third-order valence-corrected chi connectivity index (χ3v) is 6.99. The highest BCUT2D eigenvalue weighted by Gasteiger charge is 2.28. The van der Waals surface area contributed by atoms with Crippen molar-refractivity contribution < 1.29 is 4.79 Å². The largest absolute Gasteiger partial charge is 0.352 e. The molecule has 7 heteroatoms. The number of thioether (sulfide) groups is 1. The summed E-state index contributed by atoms with van der Waals surface area (Å²) < 4.78 is 2.08. The molecule has 5 nitrogen and oxygen atoms in total. The second-order valence-electron chi connectivity index (χ2n) is 6.76. The van der Waals surface area contributed by atoms with E-state index >= 15 is 0 Å². The van der Waals surface area contributed by atoms with E-state index in [4.69, 9.17) is 0 Å². The lowest BCUT2D eigenvalue weighted by Gasteiger charge is -2.34. The van der Waals surface area contributed by atoms with Crippen LogP contribution in [0.25, 0.3) is 10.7 Å². The van der Waals surface area contributed by atoms with E-state index in [9.17, 15) is 4.79 Å². The Bertz CT molecular complexity index is 698. The lowest BCUT2D eigenvalue weighted by Crippen LogP contribution is -2.44. The molecule has 1 aliphatic rings. The third-order valence-electron chi connectivity index (χ3n) is 5.16. The highest BCUT2D eigenvalue weighted by molar-refractivity contribution is 7.99. The molecule has 1 N–H and O–H groups in total. The van der Waals surface area contributed by atoms with Gasteiger partial charge < -0.3 is 9.88 Å². The number of aromatic nitrogens is 3. The van der Waals surface area contributed by atoms with Crippen molar-refractivity contribution in [3.8, 4) is 10.7 Å². The number of thiophene rings is 1. The van der Waals surface area contributed by atoms with Gasteiger partial charge in [-0.3, -0.25) is 4.79 Å². The molecule has 0 spiro atoms. The fourth-order valence-corrected chi connectivity index (χ4v) is 4.96. The Hall–Kier alpha value is -1.34. The molecule has 1 amide bonds. The first-order valence-electron chi connectivity index (χ1n) is 8.99. The van der Waals surface area contributed by atoms with Crippen LogP contribution < -0.4 is 5.32 Å². The number of amides is 1. The first-order chi connectivity index (χ1) is 12.1. The van der Waals surface area contributed by atoms with Gasteiger partial charge in [0.05, 0.1) is 10.6 Å². The highest BCUT2D eigenvalue weighted by atomic mass is 32.2. The van der Waals surface area contributed by atoms with E-state index in [0.29, 0.717) is 23.6 Å². The molecule has 2 aromatic heterocycles. The van der Waals surface area contributed by atoms with E-state index in [2.05, 4.69) is 40.9 Å². The maximum Gasteiger partial charge on any atom is 0.230 e. The molecule has 3 atom stereocenters. The van der Waals surface area contributed by atoms with Crippen LogP contribution in [0.4, 0.5) is 0 Å². The topological polar surface area (TPSA) is 59.8 Å². The van der Waals surface area contributed by atoms with Crippen molar-refractivity contribution in [2.45, 2.75) is 57.8 Å². The van der Waals surface area contributed by atoms with Crippen molar-refractivity contribution in [2.75, 3.05) is 5.75 Å². The molecule has 2 aromatic rings. The summed E-state index contributed by atoms with van der Waals surface area (Å²) in [7, 11) is 0. The zero-order valence-electron chi connectivity index (χ0n) is 15.1. The second-order valence-corrected chi connectivity index (χ2v) is 8.65. The van der Waals surface area contributed by atoms with E-state index in [1.165, 1.54) is 24.6 Å². The molecular formula is C18H26N4OS2. The zero-order valence-corrected chi connectivity index (χ0v) is 16.7. The SMILES string of the molecule is CCn1c(SCC(=O)N[C@@H]2CCC[C@@H](C)[C@H]2C)nnc1-c1cccs1. The maximum atomic E-state index is 12.4. The van der Waals surface area contributed by atoms with Crippen molar-refractivity contribution in [2.24, 2.45) is 11.8 Å². The van der Waals surface area contributed by atoms with Gasteiger partial charge in [0.2, 0.25) is 5.91 Å². The molecule has 1 saturated carbocycles. The van der Waals surface area contributed by atoms with Crippen molar-refractivity contribution in [3.05, 3.63) is 17.5 Å². The Kier molecular flexibility index (Phi) is 6.17. The third kappa shape index (κ3) is 4.26. The molecule has 136 valence electrons. The lowest BCUT2D eigenvalue weighted by molar-refractivity contribution is -0.120. The molecule has 0 bridgehead atoms. The van der Waals surface area contributed by atoms with Gasteiger partial charge in [-0.15, -0.1) is 21.5 Å². The summed E-state index contributed by atoms with van der Waals surface area (Å²) in [6.45, 7) is 7.41. The predicted octanol–water partition coefficient (Wildman–Crippen LogP) is 4.06. The summed E-state index contributed by atoms with van der Waals surface area (Å²) in [5, 5.41) is 14.7. The summed E-state index contributed by atoms with van der Waals surface area (Å²) in [6, 6.07) is 4.37. The number of carbonyl (C=O) groups excluding carboxylic acids is 1. The smallest absolute Gasteiger partial charge is 0.230 e. The van der Waals surface area contributed by atoms with E-state index in [-0.39, 0.29) is 5.91 Å². The van der Waals surface area contributed by atoms with Gasteiger partial charge >= 0.3 is 0 Å². The summed E-state index contributed by atoms with van der Waals surface area (Å²) in [5.74, 6) is 2.60. The molecule has 0 aromatic carbocycles. The molecule has 1 fully saturated rings. The van der Waals surface area contributed by atoms with Crippen molar-refractivity contribution in [1.29, 1.82) is 0 Å². The maximum absolute atomic E-state index is 12.4. The minimum absolute atomic E-state index is 0.0966. The summed E-state index contributed by atoms with van der Waals surface area (Å²) in [4.78, 5) is 13.5. The number of nitrogens with one attached hydrogen (secondary N) is 1. The van der Waals surface area contributed by atoms with Gasteiger partial charge in [0.1, 0.15) is 0 Å². The fraction of sp³-hybridized carbons (Fsp3) is 0.611. The van der Waals surface area contributed by atoms with Gasteiger partial charge in [0.25, 0.3) is 0 Å². The number of hydrogen-bond donors (Lipinski definition) is 1. The van der Waals surface area contributed by atoms with E-state index in [1.54, 1.807) is 11.3 Å². The average molecular weight is 379 g/mol. The fourth-order valence-electron chi connectivity index (χ4n) is 3.43. The van der Waals surface area contributed by atoms with Gasteiger partial charge in [0, 0.05) is 12.6 Å². The van der Waals surface area contributed by atoms with Crippen molar-refractivity contribution >= 4 is 29.0 Å². The summed E-state index contributed by atoms with van der Waals surface area (Å²) in [5.41, 5.74) is 0. The molecule has 2 heterocycles. The van der Waals surface area contributed by atoms with Crippen LogP contribution in [0.1, 0.15) is 40.0 Å². The standard InChI is InChI=1S/C18H26N4OS2/c1-4-22-17(15-9-6-10-24-15)20-21-18(22)25-11-16(23)19-14-8-5-7-12(2)13(14)3/h6,9-10,12-14H,4-5,7-8,11H2,1-3H3,(H,19,23)/t12-,13-,14-/m1/s1. The normalized spacial score (nSPS) is 23.6. The first-order valence-corrected chi connectivity index (χ1v) is 10.9. The molecule has 1 aliphatic carbocycles. The van der Waals surface area contributed by atoms with Crippen molar-refractivity contribution in [1.82, 2.24) is 20.1 Å². The van der Waals surface area contributed by atoms with Gasteiger partial charge in [-0.25, -0.2) is 0 Å².